The Morgan fingerprint density at radius 1 is 1.28 bits per heavy atom. The molecule has 0 spiro atoms. The lowest BCUT2D eigenvalue weighted by molar-refractivity contribution is 0.429. The van der Waals surface area contributed by atoms with E-state index >= 15 is 0 Å². The molecule has 1 aliphatic rings. The molecular weight excluding hydrogens is 224 g/mol. The van der Waals surface area contributed by atoms with Crippen LogP contribution in [0.4, 0.5) is 0 Å². The van der Waals surface area contributed by atoms with E-state index in [1.54, 1.807) is 0 Å². The molecule has 2 rings (SSSR count). The van der Waals surface area contributed by atoms with Gasteiger partial charge in [0.15, 0.2) is 0 Å². The largest absolute Gasteiger partial charge is 0.330 e. The second kappa shape index (κ2) is 5.83. The molecule has 1 aliphatic carbocycles. The van der Waals surface area contributed by atoms with E-state index < -0.39 is 0 Å². The van der Waals surface area contributed by atoms with Crippen molar-refractivity contribution in [2.24, 2.45) is 11.7 Å². The molecule has 2 N–H and O–H groups in total. The fourth-order valence-electron chi connectivity index (χ4n) is 3.15. The van der Waals surface area contributed by atoms with Crippen LogP contribution in [0, 0.1) is 12.8 Å². The van der Waals surface area contributed by atoms with Crippen LogP contribution in [-0.2, 0) is 0 Å². The van der Waals surface area contributed by atoms with Crippen LogP contribution in [0.25, 0.3) is 0 Å². The SMILES string of the molecule is Cc1nnc(C(CN)CC(C)C)n1C1CCCC1. The summed E-state index contributed by atoms with van der Waals surface area (Å²) >= 11 is 0. The lowest BCUT2D eigenvalue weighted by Crippen LogP contribution is -2.21. The highest BCUT2D eigenvalue weighted by molar-refractivity contribution is 5.05. The molecule has 4 nitrogen and oxygen atoms in total. The van der Waals surface area contributed by atoms with Crippen LogP contribution in [0.5, 0.6) is 0 Å². The van der Waals surface area contributed by atoms with Gasteiger partial charge in [-0.3, -0.25) is 0 Å². The maximum absolute atomic E-state index is 5.95. The van der Waals surface area contributed by atoms with Crippen LogP contribution in [0.15, 0.2) is 0 Å². The van der Waals surface area contributed by atoms with Gasteiger partial charge in [0.05, 0.1) is 0 Å². The van der Waals surface area contributed by atoms with Crippen molar-refractivity contribution in [2.45, 2.75) is 64.8 Å². The van der Waals surface area contributed by atoms with Gasteiger partial charge in [-0.1, -0.05) is 26.7 Å². The first kappa shape index (κ1) is 13.5. The third-order valence-electron chi connectivity index (χ3n) is 3.99. The number of nitrogens with zero attached hydrogens (tertiary/aromatic N) is 3. The number of hydrogen-bond donors (Lipinski definition) is 1. The second-order valence-electron chi connectivity index (χ2n) is 5.98. The molecular formula is C14H26N4. The smallest absolute Gasteiger partial charge is 0.137 e. The molecule has 1 fully saturated rings. The van der Waals surface area contributed by atoms with Gasteiger partial charge in [0.2, 0.25) is 0 Å². The Kier molecular flexibility index (Phi) is 4.38. The summed E-state index contributed by atoms with van der Waals surface area (Å²) in [5, 5.41) is 8.71. The molecule has 0 aromatic carbocycles. The number of rotatable bonds is 5. The van der Waals surface area contributed by atoms with Crippen molar-refractivity contribution < 1.29 is 0 Å². The number of nitrogens with two attached hydrogens (primary N) is 1. The fraction of sp³-hybridized carbons (Fsp3) is 0.857. The van der Waals surface area contributed by atoms with Crippen molar-refractivity contribution in [1.29, 1.82) is 0 Å². The minimum absolute atomic E-state index is 0.354. The number of aromatic nitrogens is 3. The van der Waals surface area contributed by atoms with Gasteiger partial charge in [0, 0.05) is 18.5 Å². The lowest BCUT2D eigenvalue weighted by atomic mass is 9.96. The average Bonchev–Trinajstić information content (AvgIpc) is 2.94. The van der Waals surface area contributed by atoms with Crippen LogP contribution < -0.4 is 5.73 Å². The quantitative estimate of drug-likeness (QED) is 0.874. The maximum atomic E-state index is 5.95. The molecule has 1 heterocycles. The zero-order valence-corrected chi connectivity index (χ0v) is 11.9. The Morgan fingerprint density at radius 2 is 1.94 bits per heavy atom. The normalized spacial score (nSPS) is 18.7. The molecule has 1 atom stereocenters. The summed E-state index contributed by atoms with van der Waals surface area (Å²) in [6, 6.07) is 0.608. The van der Waals surface area contributed by atoms with Crippen LogP contribution >= 0.6 is 0 Å². The molecule has 0 bridgehead atoms. The molecule has 1 aromatic rings. The van der Waals surface area contributed by atoms with Gasteiger partial charge < -0.3 is 10.3 Å². The van der Waals surface area contributed by atoms with Crippen LogP contribution in [0.2, 0.25) is 0 Å². The monoisotopic (exact) mass is 250 g/mol. The summed E-state index contributed by atoms with van der Waals surface area (Å²) in [6.07, 6.45) is 6.30. The summed E-state index contributed by atoms with van der Waals surface area (Å²) in [6.45, 7) is 7.22. The second-order valence-corrected chi connectivity index (χ2v) is 5.98. The van der Waals surface area contributed by atoms with Gasteiger partial charge >= 0.3 is 0 Å². The highest BCUT2D eigenvalue weighted by Gasteiger charge is 2.26. The minimum Gasteiger partial charge on any atom is -0.330 e. The maximum Gasteiger partial charge on any atom is 0.137 e. The highest BCUT2D eigenvalue weighted by Crippen LogP contribution is 2.33. The van der Waals surface area contributed by atoms with E-state index in [0.717, 1.165) is 18.1 Å². The van der Waals surface area contributed by atoms with Crippen molar-refractivity contribution in [3.05, 3.63) is 11.6 Å². The first-order valence-corrected chi connectivity index (χ1v) is 7.25. The zero-order valence-electron chi connectivity index (χ0n) is 11.9. The Hall–Kier alpha value is -0.900. The molecule has 0 amide bonds. The Morgan fingerprint density at radius 3 is 2.50 bits per heavy atom. The summed E-state index contributed by atoms with van der Waals surface area (Å²) < 4.78 is 2.37. The van der Waals surface area contributed by atoms with Crippen LogP contribution in [0.1, 0.15) is 69.6 Å². The molecule has 102 valence electrons. The third-order valence-corrected chi connectivity index (χ3v) is 3.99. The van der Waals surface area contributed by atoms with Crippen molar-refractivity contribution >= 4 is 0 Å². The zero-order chi connectivity index (χ0) is 13.1. The van der Waals surface area contributed by atoms with Crippen LogP contribution in [0.3, 0.4) is 0 Å². The topological polar surface area (TPSA) is 56.7 Å². The molecule has 1 unspecified atom stereocenters. The summed E-state index contributed by atoms with van der Waals surface area (Å²) in [7, 11) is 0. The first-order chi connectivity index (χ1) is 8.63. The van der Waals surface area contributed by atoms with E-state index in [1.165, 1.54) is 25.7 Å². The molecule has 18 heavy (non-hydrogen) atoms. The molecule has 0 saturated heterocycles. The average molecular weight is 250 g/mol. The molecule has 1 aromatic heterocycles. The van der Waals surface area contributed by atoms with Crippen molar-refractivity contribution in [3.8, 4) is 0 Å². The predicted molar refractivity (Wildman–Crippen MR) is 73.5 cm³/mol. The first-order valence-electron chi connectivity index (χ1n) is 7.25. The fourth-order valence-corrected chi connectivity index (χ4v) is 3.15. The van der Waals surface area contributed by atoms with Gasteiger partial charge in [0.25, 0.3) is 0 Å². The molecule has 0 radical (unpaired) electrons. The third kappa shape index (κ3) is 2.74. The van der Waals surface area contributed by atoms with Gasteiger partial charge in [0.1, 0.15) is 11.6 Å². The molecule has 4 heteroatoms. The van der Waals surface area contributed by atoms with Crippen molar-refractivity contribution in [3.63, 3.8) is 0 Å². The number of hydrogen-bond acceptors (Lipinski definition) is 3. The Bertz CT molecular complexity index is 377. The minimum atomic E-state index is 0.354. The van der Waals surface area contributed by atoms with Crippen LogP contribution in [-0.4, -0.2) is 21.3 Å². The Labute approximate surface area is 110 Å². The van der Waals surface area contributed by atoms with Crippen molar-refractivity contribution in [2.75, 3.05) is 6.54 Å². The van der Waals surface area contributed by atoms with E-state index in [0.29, 0.717) is 24.4 Å². The van der Waals surface area contributed by atoms with Gasteiger partial charge in [-0.25, -0.2) is 0 Å². The van der Waals surface area contributed by atoms with Gasteiger partial charge in [-0.15, -0.1) is 10.2 Å². The van der Waals surface area contributed by atoms with Gasteiger partial charge in [-0.2, -0.15) is 0 Å². The molecule has 1 saturated carbocycles. The van der Waals surface area contributed by atoms with Crippen molar-refractivity contribution in [1.82, 2.24) is 14.8 Å². The van der Waals surface area contributed by atoms with E-state index in [-0.39, 0.29) is 0 Å². The summed E-state index contributed by atoms with van der Waals surface area (Å²) in [5.74, 6) is 3.18. The van der Waals surface area contributed by atoms with E-state index in [1.807, 2.05) is 0 Å². The summed E-state index contributed by atoms with van der Waals surface area (Å²) in [4.78, 5) is 0. The highest BCUT2D eigenvalue weighted by atomic mass is 15.3. The van der Waals surface area contributed by atoms with Gasteiger partial charge in [-0.05, 0) is 32.1 Å². The van der Waals surface area contributed by atoms with E-state index in [4.69, 9.17) is 5.73 Å². The number of aryl methyl sites for hydroxylation is 1. The van der Waals surface area contributed by atoms with E-state index in [2.05, 4.69) is 35.5 Å². The van der Waals surface area contributed by atoms with E-state index in [9.17, 15) is 0 Å². The molecule has 0 aliphatic heterocycles. The Balaban J connectivity index is 2.25. The standard InChI is InChI=1S/C14H26N4/c1-10(2)8-12(9-15)14-17-16-11(3)18(14)13-6-4-5-7-13/h10,12-13H,4-9,15H2,1-3H3. The predicted octanol–water partition coefficient (Wildman–Crippen LogP) is 2.79. The lowest BCUT2D eigenvalue weighted by Gasteiger charge is -2.21. The summed E-state index contributed by atoms with van der Waals surface area (Å²) in [5.41, 5.74) is 5.95.